The first kappa shape index (κ1) is 8.74. The zero-order valence-electron chi connectivity index (χ0n) is 7.77. The summed E-state index contributed by atoms with van der Waals surface area (Å²) in [6.07, 6.45) is 0.109. The van der Waals surface area contributed by atoms with Crippen LogP contribution < -0.4 is 5.32 Å². The molecule has 1 aromatic rings. The van der Waals surface area contributed by atoms with E-state index in [1.54, 1.807) is 24.9 Å². The molecule has 0 aliphatic carbocycles. The van der Waals surface area contributed by atoms with E-state index in [4.69, 9.17) is 4.74 Å². The van der Waals surface area contributed by atoms with Gasteiger partial charge in [-0.15, -0.1) is 0 Å². The van der Waals surface area contributed by atoms with E-state index in [9.17, 15) is 9.59 Å². The number of amides is 2. The molecule has 0 aromatic carbocycles. The Kier molecular flexibility index (Phi) is 1.77. The van der Waals surface area contributed by atoms with Gasteiger partial charge in [-0.2, -0.15) is 5.10 Å². The SMILES string of the molecule is Cc1nn(C)cc1C1OC(=O)NC1=O. The zero-order chi connectivity index (χ0) is 10.3. The van der Waals surface area contributed by atoms with Crippen LogP contribution in [0.25, 0.3) is 0 Å². The fourth-order valence-corrected chi connectivity index (χ4v) is 1.44. The van der Waals surface area contributed by atoms with Gasteiger partial charge in [0.15, 0.2) is 0 Å². The number of nitrogens with one attached hydrogen (secondary N) is 1. The number of ether oxygens (including phenoxy) is 1. The van der Waals surface area contributed by atoms with Crippen LogP contribution in [0.15, 0.2) is 6.20 Å². The first-order chi connectivity index (χ1) is 6.58. The number of aromatic nitrogens is 2. The van der Waals surface area contributed by atoms with Crippen molar-refractivity contribution in [3.63, 3.8) is 0 Å². The van der Waals surface area contributed by atoms with Crippen LogP contribution in [0, 0.1) is 6.92 Å². The van der Waals surface area contributed by atoms with E-state index in [0.717, 1.165) is 0 Å². The minimum Gasteiger partial charge on any atom is -0.431 e. The molecule has 0 radical (unpaired) electrons. The summed E-state index contributed by atoms with van der Waals surface area (Å²) in [5.41, 5.74) is 1.30. The highest BCUT2D eigenvalue weighted by atomic mass is 16.6. The van der Waals surface area contributed by atoms with E-state index < -0.39 is 18.1 Å². The third-order valence-corrected chi connectivity index (χ3v) is 2.02. The Labute approximate surface area is 79.8 Å². The van der Waals surface area contributed by atoms with Crippen molar-refractivity contribution in [2.24, 2.45) is 7.05 Å². The lowest BCUT2D eigenvalue weighted by molar-refractivity contribution is -0.123. The molecule has 1 atom stereocenters. The van der Waals surface area contributed by atoms with E-state index in [1.165, 1.54) is 0 Å². The maximum atomic E-state index is 11.3. The fourth-order valence-electron chi connectivity index (χ4n) is 1.44. The monoisotopic (exact) mass is 195 g/mol. The number of aryl methyl sites for hydroxylation is 2. The summed E-state index contributed by atoms with van der Waals surface area (Å²) in [6, 6.07) is 0. The van der Waals surface area contributed by atoms with Crippen molar-refractivity contribution >= 4 is 12.0 Å². The fraction of sp³-hybridized carbons (Fsp3) is 0.375. The summed E-state index contributed by atoms with van der Waals surface area (Å²) in [6.45, 7) is 1.76. The highest BCUT2D eigenvalue weighted by Gasteiger charge is 2.35. The summed E-state index contributed by atoms with van der Waals surface area (Å²) in [4.78, 5) is 22.0. The van der Waals surface area contributed by atoms with Crippen molar-refractivity contribution in [2.75, 3.05) is 0 Å². The molecule has 2 amide bonds. The molecule has 1 fully saturated rings. The molecule has 6 heteroatoms. The Morgan fingerprint density at radius 3 is 2.71 bits per heavy atom. The molecular weight excluding hydrogens is 186 g/mol. The standard InChI is InChI=1S/C8H9N3O3/c1-4-5(3-11(2)10-4)6-7(12)9-8(13)14-6/h3,6H,1-2H3,(H,9,12,13). The van der Waals surface area contributed by atoms with Crippen LogP contribution in [0.5, 0.6) is 0 Å². The number of carbonyl (C=O) groups excluding carboxylic acids is 2. The molecule has 14 heavy (non-hydrogen) atoms. The van der Waals surface area contributed by atoms with Crippen molar-refractivity contribution in [2.45, 2.75) is 13.0 Å². The molecule has 2 heterocycles. The summed E-state index contributed by atoms with van der Waals surface area (Å²) in [7, 11) is 1.74. The molecule has 1 unspecified atom stereocenters. The van der Waals surface area contributed by atoms with Crippen LogP contribution in [0.4, 0.5) is 4.79 Å². The molecule has 0 saturated carbocycles. The second kappa shape index (κ2) is 2.83. The lowest BCUT2D eigenvalue weighted by Gasteiger charge is -2.02. The Balaban J connectivity index is 2.36. The third kappa shape index (κ3) is 1.24. The number of nitrogens with zero attached hydrogens (tertiary/aromatic N) is 2. The van der Waals surface area contributed by atoms with Crippen LogP contribution in [0.3, 0.4) is 0 Å². The maximum Gasteiger partial charge on any atom is 0.415 e. The summed E-state index contributed by atoms with van der Waals surface area (Å²) in [5, 5.41) is 6.13. The van der Waals surface area contributed by atoms with Crippen LogP contribution in [0.1, 0.15) is 17.4 Å². The molecule has 74 valence electrons. The van der Waals surface area contributed by atoms with Crippen LogP contribution in [-0.2, 0) is 16.6 Å². The number of imide groups is 1. The predicted molar refractivity (Wildman–Crippen MR) is 45.3 cm³/mol. The number of cyclic esters (lactones) is 1. The Morgan fingerprint density at radius 2 is 2.29 bits per heavy atom. The second-order valence-corrected chi connectivity index (χ2v) is 3.12. The van der Waals surface area contributed by atoms with E-state index >= 15 is 0 Å². The Morgan fingerprint density at radius 1 is 1.57 bits per heavy atom. The molecule has 1 aliphatic heterocycles. The lowest BCUT2D eigenvalue weighted by Crippen LogP contribution is -2.20. The smallest absolute Gasteiger partial charge is 0.415 e. The van der Waals surface area contributed by atoms with Gasteiger partial charge < -0.3 is 4.74 Å². The number of hydrogen-bond donors (Lipinski definition) is 1. The van der Waals surface area contributed by atoms with Gasteiger partial charge in [-0.3, -0.25) is 14.8 Å². The quantitative estimate of drug-likeness (QED) is 0.686. The number of rotatable bonds is 1. The van der Waals surface area contributed by atoms with Crippen LogP contribution >= 0.6 is 0 Å². The van der Waals surface area contributed by atoms with Gasteiger partial charge in [-0.25, -0.2) is 4.79 Å². The first-order valence-electron chi connectivity index (χ1n) is 4.09. The highest BCUT2D eigenvalue weighted by molar-refractivity contribution is 6.00. The van der Waals surface area contributed by atoms with Crippen molar-refractivity contribution in [1.29, 1.82) is 0 Å². The van der Waals surface area contributed by atoms with Gasteiger partial charge in [0.1, 0.15) is 0 Å². The van der Waals surface area contributed by atoms with Gasteiger partial charge in [0.25, 0.3) is 5.91 Å². The highest BCUT2D eigenvalue weighted by Crippen LogP contribution is 2.23. The Bertz CT molecular complexity index is 410. The molecule has 1 N–H and O–H groups in total. The minimum atomic E-state index is -0.851. The maximum absolute atomic E-state index is 11.3. The molecule has 0 spiro atoms. The number of carbonyl (C=O) groups is 2. The van der Waals surface area contributed by atoms with Crippen LogP contribution in [0.2, 0.25) is 0 Å². The summed E-state index contributed by atoms with van der Waals surface area (Å²) < 4.78 is 6.37. The zero-order valence-corrected chi connectivity index (χ0v) is 7.77. The largest absolute Gasteiger partial charge is 0.431 e. The summed E-state index contributed by atoms with van der Waals surface area (Å²) >= 11 is 0. The Hall–Kier alpha value is -1.85. The summed E-state index contributed by atoms with van der Waals surface area (Å²) in [5.74, 6) is -0.439. The van der Waals surface area contributed by atoms with E-state index in [2.05, 4.69) is 10.4 Å². The molecule has 6 nitrogen and oxygen atoms in total. The predicted octanol–water partition coefficient (Wildman–Crippen LogP) is 0.0360. The van der Waals surface area contributed by atoms with Crippen molar-refractivity contribution in [1.82, 2.24) is 15.1 Å². The van der Waals surface area contributed by atoms with Gasteiger partial charge >= 0.3 is 6.09 Å². The average molecular weight is 195 g/mol. The molecule has 1 aliphatic rings. The van der Waals surface area contributed by atoms with Crippen LogP contribution in [-0.4, -0.2) is 21.8 Å². The molecule has 1 saturated heterocycles. The van der Waals surface area contributed by atoms with E-state index in [0.29, 0.717) is 11.3 Å². The van der Waals surface area contributed by atoms with E-state index in [1.807, 2.05) is 0 Å². The van der Waals surface area contributed by atoms with Gasteiger partial charge in [-0.1, -0.05) is 0 Å². The minimum absolute atomic E-state index is 0.439. The molecule has 1 aromatic heterocycles. The van der Waals surface area contributed by atoms with Gasteiger partial charge in [-0.05, 0) is 6.92 Å². The molecular formula is C8H9N3O3. The molecule has 0 bridgehead atoms. The van der Waals surface area contributed by atoms with Crippen molar-refractivity contribution in [3.8, 4) is 0 Å². The van der Waals surface area contributed by atoms with Gasteiger partial charge in [0.2, 0.25) is 6.10 Å². The van der Waals surface area contributed by atoms with Gasteiger partial charge in [0, 0.05) is 18.8 Å². The number of alkyl carbamates (subject to hydrolysis) is 1. The van der Waals surface area contributed by atoms with Crippen molar-refractivity contribution < 1.29 is 14.3 Å². The molecule has 2 rings (SSSR count). The average Bonchev–Trinajstić information content (AvgIpc) is 2.55. The topological polar surface area (TPSA) is 73.2 Å². The van der Waals surface area contributed by atoms with Crippen molar-refractivity contribution in [3.05, 3.63) is 17.5 Å². The lowest BCUT2D eigenvalue weighted by atomic mass is 10.1. The van der Waals surface area contributed by atoms with E-state index in [-0.39, 0.29) is 0 Å². The second-order valence-electron chi connectivity index (χ2n) is 3.12. The normalized spacial score (nSPS) is 20.9. The third-order valence-electron chi connectivity index (χ3n) is 2.02. The van der Waals surface area contributed by atoms with Gasteiger partial charge in [0.05, 0.1) is 5.69 Å². The first-order valence-corrected chi connectivity index (χ1v) is 4.09. The number of hydrogen-bond acceptors (Lipinski definition) is 4.